The first kappa shape index (κ1) is 20.2. The third-order valence-corrected chi connectivity index (χ3v) is 6.19. The van der Waals surface area contributed by atoms with Crippen LogP contribution in [0.3, 0.4) is 0 Å². The van der Waals surface area contributed by atoms with Gasteiger partial charge >= 0.3 is 0 Å². The molecular weight excluding hydrogens is 419 g/mol. The predicted molar refractivity (Wildman–Crippen MR) is 113 cm³/mol. The molecule has 144 valence electrons. The van der Waals surface area contributed by atoms with Crippen LogP contribution in [0.25, 0.3) is 0 Å². The summed E-state index contributed by atoms with van der Waals surface area (Å²) in [5, 5.41) is 3.28. The number of halogens is 2. The van der Waals surface area contributed by atoms with Crippen LogP contribution < -0.4 is 10.0 Å². The Morgan fingerprint density at radius 3 is 2.29 bits per heavy atom. The van der Waals surface area contributed by atoms with Crippen LogP contribution in [0, 0.1) is 6.92 Å². The van der Waals surface area contributed by atoms with Gasteiger partial charge in [0.25, 0.3) is 15.9 Å². The maximum Gasteiger partial charge on any atom is 0.261 e. The summed E-state index contributed by atoms with van der Waals surface area (Å²) in [6.07, 6.45) is 0. The van der Waals surface area contributed by atoms with Crippen LogP contribution in [0.2, 0.25) is 10.0 Å². The second-order valence-electron chi connectivity index (χ2n) is 6.00. The molecule has 1 amide bonds. The second-order valence-corrected chi connectivity index (χ2v) is 8.47. The number of nitrogens with one attached hydrogen (secondary N) is 2. The molecule has 0 aliphatic heterocycles. The van der Waals surface area contributed by atoms with Crippen molar-refractivity contribution < 1.29 is 13.2 Å². The van der Waals surface area contributed by atoms with E-state index in [0.717, 1.165) is 0 Å². The van der Waals surface area contributed by atoms with Gasteiger partial charge in [-0.1, -0.05) is 47.5 Å². The Bertz CT molecular complexity index is 1130. The first-order valence-electron chi connectivity index (χ1n) is 8.22. The van der Waals surface area contributed by atoms with Gasteiger partial charge in [-0.05, 0) is 55.0 Å². The number of hydrogen-bond donors (Lipinski definition) is 2. The van der Waals surface area contributed by atoms with Gasteiger partial charge in [-0.15, -0.1) is 0 Å². The van der Waals surface area contributed by atoms with Crippen molar-refractivity contribution in [2.45, 2.75) is 11.8 Å². The highest BCUT2D eigenvalue weighted by atomic mass is 35.5. The molecule has 3 rings (SSSR count). The number of carbonyl (C=O) groups is 1. The van der Waals surface area contributed by atoms with Crippen LogP contribution in [0.5, 0.6) is 0 Å². The number of hydrogen-bond acceptors (Lipinski definition) is 3. The molecule has 0 saturated carbocycles. The summed E-state index contributed by atoms with van der Waals surface area (Å²) in [7, 11) is -3.71. The summed E-state index contributed by atoms with van der Waals surface area (Å²) >= 11 is 12.0. The second kappa shape index (κ2) is 8.22. The quantitative estimate of drug-likeness (QED) is 0.567. The van der Waals surface area contributed by atoms with E-state index in [1.165, 1.54) is 18.2 Å². The Kier molecular flexibility index (Phi) is 5.93. The van der Waals surface area contributed by atoms with Crippen LogP contribution in [0.15, 0.2) is 71.6 Å². The van der Waals surface area contributed by atoms with Crippen LogP contribution >= 0.6 is 23.2 Å². The van der Waals surface area contributed by atoms with Crippen LogP contribution in [0.1, 0.15) is 15.9 Å². The van der Waals surface area contributed by atoms with Gasteiger partial charge in [0, 0.05) is 5.56 Å². The van der Waals surface area contributed by atoms with E-state index in [-0.39, 0.29) is 15.8 Å². The largest absolute Gasteiger partial charge is 0.321 e. The van der Waals surface area contributed by atoms with Crippen molar-refractivity contribution in [1.29, 1.82) is 0 Å². The van der Waals surface area contributed by atoms with Gasteiger partial charge in [-0.3, -0.25) is 9.52 Å². The number of benzene rings is 3. The zero-order valence-electron chi connectivity index (χ0n) is 14.7. The zero-order valence-corrected chi connectivity index (χ0v) is 17.1. The summed E-state index contributed by atoms with van der Waals surface area (Å²) in [6, 6.07) is 17.7. The molecule has 0 heterocycles. The van der Waals surface area contributed by atoms with Crippen LogP contribution in [0.4, 0.5) is 11.4 Å². The lowest BCUT2D eigenvalue weighted by Crippen LogP contribution is -2.15. The number of rotatable bonds is 5. The minimum Gasteiger partial charge on any atom is -0.321 e. The Morgan fingerprint density at radius 1 is 0.893 bits per heavy atom. The monoisotopic (exact) mass is 434 g/mol. The molecular formula is C20H16Cl2N2O3S. The van der Waals surface area contributed by atoms with Gasteiger partial charge in [0.05, 0.1) is 26.3 Å². The predicted octanol–water partition coefficient (Wildman–Crippen LogP) is 5.35. The van der Waals surface area contributed by atoms with Gasteiger partial charge in [0.1, 0.15) is 0 Å². The Labute approximate surface area is 173 Å². The minimum atomic E-state index is -3.71. The van der Waals surface area contributed by atoms with E-state index in [2.05, 4.69) is 10.0 Å². The van der Waals surface area contributed by atoms with Gasteiger partial charge < -0.3 is 5.32 Å². The van der Waals surface area contributed by atoms with Crippen molar-refractivity contribution in [2.75, 3.05) is 10.0 Å². The normalized spacial score (nSPS) is 11.1. The maximum absolute atomic E-state index is 12.5. The molecule has 0 bridgehead atoms. The summed E-state index contributed by atoms with van der Waals surface area (Å²) in [6.45, 7) is 1.71. The third kappa shape index (κ3) is 4.47. The summed E-state index contributed by atoms with van der Waals surface area (Å²) in [5.41, 5.74) is 1.74. The standard InChI is InChI=1S/C20H16Cl2N2O3S/c1-13-12-14(20(25)23-18-9-5-8-16(21)19(18)22)10-11-17(13)24-28(26,27)15-6-3-2-4-7-15/h2-12,24H,1H3,(H,23,25). The average molecular weight is 435 g/mol. The lowest BCUT2D eigenvalue weighted by Gasteiger charge is -2.13. The van der Waals surface area contributed by atoms with Crippen LogP contribution in [-0.2, 0) is 10.0 Å². The van der Waals surface area contributed by atoms with Crippen molar-refractivity contribution in [1.82, 2.24) is 0 Å². The van der Waals surface area contributed by atoms with Gasteiger partial charge in [-0.25, -0.2) is 8.42 Å². The van der Waals surface area contributed by atoms with Gasteiger partial charge in [0.2, 0.25) is 0 Å². The lowest BCUT2D eigenvalue weighted by molar-refractivity contribution is 0.102. The van der Waals surface area contributed by atoms with Crippen molar-refractivity contribution in [3.63, 3.8) is 0 Å². The number of sulfonamides is 1. The summed E-state index contributed by atoms with van der Waals surface area (Å²) in [4.78, 5) is 12.7. The topological polar surface area (TPSA) is 75.3 Å². The van der Waals surface area contributed by atoms with E-state index in [1.54, 1.807) is 55.5 Å². The molecule has 0 aliphatic rings. The molecule has 3 aromatic carbocycles. The highest BCUT2D eigenvalue weighted by molar-refractivity contribution is 7.92. The molecule has 28 heavy (non-hydrogen) atoms. The van der Waals surface area contributed by atoms with E-state index >= 15 is 0 Å². The van der Waals surface area contributed by atoms with Crippen molar-refractivity contribution in [3.05, 3.63) is 87.9 Å². The lowest BCUT2D eigenvalue weighted by atomic mass is 10.1. The Balaban J connectivity index is 1.80. The Morgan fingerprint density at radius 2 is 1.61 bits per heavy atom. The van der Waals surface area contributed by atoms with Crippen molar-refractivity contribution in [2.24, 2.45) is 0 Å². The van der Waals surface area contributed by atoms with E-state index in [0.29, 0.717) is 27.5 Å². The zero-order chi connectivity index (χ0) is 20.3. The molecule has 8 heteroatoms. The average Bonchev–Trinajstić information content (AvgIpc) is 2.67. The maximum atomic E-state index is 12.5. The molecule has 0 unspecified atom stereocenters. The molecule has 0 spiro atoms. The molecule has 0 fully saturated rings. The van der Waals surface area contributed by atoms with Gasteiger partial charge in [0.15, 0.2) is 0 Å². The number of aryl methyl sites for hydroxylation is 1. The van der Waals surface area contributed by atoms with Crippen molar-refractivity contribution >= 4 is 50.5 Å². The number of carbonyl (C=O) groups excluding carboxylic acids is 1. The van der Waals surface area contributed by atoms with Gasteiger partial charge in [-0.2, -0.15) is 0 Å². The number of anilines is 2. The minimum absolute atomic E-state index is 0.159. The summed E-state index contributed by atoms with van der Waals surface area (Å²) in [5.74, 6) is -0.385. The SMILES string of the molecule is Cc1cc(C(=O)Nc2cccc(Cl)c2Cl)ccc1NS(=O)(=O)c1ccccc1. The van der Waals surface area contributed by atoms with Crippen LogP contribution in [-0.4, -0.2) is 14.3 Å². The molecule has 2 N–H and O–H groups in total. The highest BCUT2D eigenvalue weighted by Crippen LogP contribution is 2.30. The van der Waals surface area contributed by atoms with E-state index in [9.17, 15) is 13.2 Å². The smallest absolute Gasteiger partial charge is 0.261 e. The first-order valence-corrected chi connectivity index (χ1v) is 10.5. The van der Waals surface area contributed by atoms with E-state index in [4.69, 9.17) is 23.2 Å². The highest BCUT2D eigenvalue weighted by Gasteiger charge is 2.16. The first-order chi connectivity index (χ1) is 13.3. The van der Waals surface area contributed by atoms with Crippen molar-refractivity contribution in [3.8, 4) is 0 Å². The molecule has 5 nitrogen and oxygen atoms in total. The fourth-order valence-corrected chi connectivity index (χ4v) is 4.02. The van der Waals surface area contributed by atoms with E-state index < -0.39 is 10.0 Å². The Hall–Kier alpha value is -2.54. The van der Waals surface area contributed by atoms with E-state index in [1.807, 2.05) is 0 Å². The molecule has 0 saturated heterocycles. The summed E-state index contributed by atoms with van der Waals surface area (Å²) < 4.78 is 27.5. The molecule has 0 atom stereocenters. The molecule has 0 radical (unpaired) electrons. The third-order valence-electron chi connectivity index (χ3n) is 3.99. The number of amides is 1. The fraction of sp³-hybridized carbons (Fsp3) is 0.0500. The molecule has 3 aromatic rings. The molecule has 0 aromatic heterocycles. The fourth-order valence-electron chi connectivity index (χ4n) is 2.52. The molecule has 0 aliphatic carbocycles.